The van der Waals surface area contributed by atoms with Crippen LogP contribution in [0.5, 0.6) is 17.4 Å². The number of methoxy groups -OCH3 is 1. The van der Waals surface area contributed by atoms with Gasteiger partial charge in [-0.05, 0) is 12.1 Å². The molecule has 0 radical (unpaired) electrons. The van der Waals surface area contributed by atoms with Crippen molar-refractivity contribution in [3.8, 4) is 17.4 Å². The molecule has 1 aromatic carbocycles. The monoisotopic (exact) mass is 260 g/mol. The summed E-state index contributed by atoms with van der Waals surface area (Å²) < 4.78 is 4.94. The van der Waals surface area contributed by atoms with Crippen molar-refractivity contribution in [2.75, 3.05) is 12.5 Å². The van der Waals surface area contributed by atoms with Crippen molar-refractivity contribution in [2.45, 2.75) is 0 Å². The van der Waals surface area contributed by atoms with Crippen molar-refractivity contribution in [1.82, 2.24) is 9.97 Å². The quantitative estimate of drug-likeness (QED) is 0.566. The zero-order chi connectivity index (χ0) is 13.7. The number of ether oxygens (including phenoxy) is 1. The number of nitrogens with zero attached hydrogens (tertiary/aromatic N) is 3. The number of phenols is 2. The van der Waals surface area contributed by atoms with Gasteiger partial charge < -0.3 is 14.9 Å². The molecule has 0 spiro atoms. The number of hydrogen-bond acceptors (Lipinski definition) is 7. The van der Waals surface area contributed by atoms with Gasteiger partial charge in [-0.15, -0.1) is 0 Å². The van der Waals surface area contributed by atoms with Crippen LogP contribution in [0.25, 0.3) is 0 Å². The van der Waals surface area contributed by atoms with E-state index in [4.69, 9.17) is 9.84 Å². The normalized spacial score (nSPS) is 10.6. The molecule has 3 N–H and O–H groups in total. The highest BCUT2D eigenvalue weighted by molar-refractivity contribution is 5.84. The minimum Gasteiger partial charge on any atom is -0.508 e. The molecule has 0 bridgehead atoms. The average molecular weight is 260 g/mol. The van der Waals surface area contributed by atoms with Gasteiger partial charge in [-0.3, -0.25) is 5.43 Å². The molecule has 7 heteroatoms. The van der Waals surface area contributed by atoms with Gasteiger partial charge in [0.1, 0.15) is 17.8 Å². The van der Waals surface area contributed by atoms with Crippen LogP contribution in [0.3, 0.4) is 0 Å². The molecule has 0 aliphatic rings. The molecule has 19 heavy (non-hydrogen) atoms. The van der Waals surface area contributed by atoms with Gasteiger partial charge in [-0.2, -0.15) is 5.10 Å². The van der Waals surface area contributed by atoms with Gasteiger partial charge in [0, 0.05) is 17.7 Å². The number of benzene rings is 1. The zero-order valence-corrected chi connectivity index (χ0v) is 10.1. The first-order valence-corrected chi connectivity index (χ1v) is 5.36. The second-order valence-electron chi connectivity index (χ2n) is 3.56. The summed E-state index contributed by atoms with van der Waals surface area (Å²) in [7, 11) is 1.50. The number of aromatic nitrogens is 2. The third-order valence-corrected chi connectivity index (χ3v) is 2.25. The van der Waals surface area contributed by atoms with Crippen molar-refractivity contribution in [3.05, 3.63) is 36.2 Å². The van der Waals surface area contributed by atoms with Gasteiger partial charge >= 0.3 is 0 Å². The zero-order valence-electron chi connectivity index (χ0n) is 10.1. The number of aromatic hydroxyl groups is 2. The van der Waals surface area contributed by atoms with Crippen LogP contribution >= 0.6 is 0 Å². The summed E-state index contributed by atoms with van der Waals surface area (Å²) in [6, 6.07) is 5.80. The van der Waals surface area contributed by atoms with Crippen molar-refractivity contribution in [1.29, 1.82) is 0 Å². The first-order chi connectivity index (χ1) is 9.19. The molecular weight excluding hydrogens is 248 g/mol. The fourth-order valence-corrected chi connectivity index (χ4v) is 1.32. The van der Waals surface area contributed by atoms with Crippen molar-refractivity contribution in [3.63, 3.8) is 0 Å². The third kappa shape index (κ3) is 3.32. The molecule has 0 saturated heterocycles. The molecule has 0 unspecified atom stereocenters. The smallest absolute Gasteiger partial charge is 0.218 e. The van der Waals surface area contributed by atoms with E-state index in [9.17, 15) is 5.11 Å². The maximum atomic E-state index is 9.55. The summed E-state index contributed by atoms with van der Waals surface area (Å²) in [6.45, 7) is 0. The molecule has 1 aromatic heterocycles. The van der Waals surface area contributed by atoms with Crippen LogP contribution in [0, 0.1) is 0 Å². The van der Waals surface area contributed by atoms with E-state index < -0.39 is 0 Å². The fourth-order valence-electron chi connectivity index (χ4n) is 1.32. The van der Waals surface area contributed by atoms with Gasteiger partial charge in [0.2, 0.25) is 5.88 Å². The Morgan fingerprint density at radius 1 is 1.26 bits per heavy atom. The summed E-state index contributed by atoms with van der Waals surface area (Å²) in [5.41, 5.74) is 3.14. The highest BCUT2D eigenvalue weighted by Crippen LogP contribution is 2.20. The lowest BCUT2D eigenvalue weighted by molar-refractivity contribution is 0.397. The Hall–Kier alpha value is -2.83. The van der Waals surface area contributed by atoms with Crippen molar-refractivity contribution in [2.24, 2.45) is 5.10 Å². The summed E-state index contributed by atoms with van der Waals surface area (Å²) in [5.74, 6) is 0.801. The Bertz CT molecular complexity index is 601. The van der Waals surface area contributed by atoms with Crippen LogP contribution < -0.4 is 10.2 Å². The molecule has 0 aliphatic carbocycles. The van der Waals surface area contributed by atoms with E-state index in [1.165, 1.54) is 37.9 Å². The van der Waals surface area contributed by atoms with Gasteiger partial charge in [0.05, 0.1) is 13.3 Å². The van der Waals surface area contributed by atoms with E-state index in [0.717, 1.165) is 0 Å². The third-order valence-electron chi connectivity index (χ3n) is 2.25. The predicted molar refractivity (Wildman–Crippen MR) is 69.6 cm³/mol. The van der Waals surface area contributed by atoms with E-state index in [1.807, 2.05) is 0 Å². The molecule has 98 valence electrons. The average Bonchev–Trinajstić information content (AvgIpc) is 2.41. The first kappa shape index (κ1) is 12.6. The number of nitrogens with one attached hydrogen (secondary N) is 1. The molecule has 0 amide bonds. The second-order valence-corrected chi connectivity index (χ2v) is 3.56. The van der Waals surface area contributed by atoms with E-state index in [0.29, 0.717) is 17.3 Å². The minimum absolute atomic E-state index is 0.0110. The molecule has 0 atom stereocenters. The van der Waals surface area contributed by atoms with Crippen LogP contribution in [0.15, 0.2) is 35.7 Å². The number of phenolic OH excluding ortho intramolecular Hbond substituents is 2. The number of anilines is 1. The van der Waals surface area contributed by atoms with Crippen LogP contribution in [-0.4, -0.2) is 33.5 Å². The summed E-state index contributed by atoms with van der Waals surface area (Å²) in [4.78, 5) is 7.79. The van der Waals surface area contributed by atoms with Gasteiger partial charge in [-0.1, -0.05) is 0 Å². The Balaban J connectivity index is 2.06. The van der Waals surface area contributed by atoms with Crippen molar-refractivity contribution >= 4 is 12.0 Å². The molecule has 1 heterocycles. The number of rotatable bonds is 4. The largest absolute Gasteiger partial charge is 0.508 e. The van der Waals surface area contributed by atoms with Crippen LogP contribution in [0.1, 0.15) is 5.56 Å². The second kappa shape index (κ2) is 5.67. The van der Waals surface area contributed by atoms with E-state index in [2.05, 4.69) is 20.5 Å². The van der Waals surface area contributed by atoms with Gasteiger partial charge in [0.25, 0.3) is 0 Å². The Morgan fingerprint density at radius 3 is 2.84 bits per heavy atom. The SMILES string of the molecule is COc1cc(N/N=C/c2ccc(O)cc2O)ncn1. The lowest BCUT2D eigenvalue weighted by Gasteiger charge is -2.02. The molecule has 2 rings (SSSR count). The minimum atomic E-state index is -0.0641. The van der Waals surface area contributed by atoms with Gasteiger partial charge in [0.15, 0.2) is 5.82 Å². The first-order valence-electron chi connectivity index (χ1n) is 5.36. The molecule has 0 saturated carbocycles. The highest BCUT2D eigenvalue weighted by atomic mass is 16.5. The maximum absolute atomic E-state index is 9.55. The highest BCUT2D eigenvalue weighted by Gasteiger charge is 1.99. The number of hydrogen-bond donors (Lipinski definition) is 3. The molecule has 0 aliphatic heterocycles. The molecule has 0 fully saturated rings. The van der Waals surface area contributed by atoms with E-state index >= 15 is 0 Å². The van der Waals surface area contributed by atoms with Crippen LogP contribution in [0.2, 0.25) is 0 Å². The van der Waals surface area contributed by atoms with Crippen LogP contribution in [0.4, 0.5) is 5.82 Å². The summed E-state index contributed by atoms with van der Waals surface area (Å²) in [5, 5.41) is 22.6. The molecule has 2 aromatic rings. The van der Waals surface area contributed by atoms with E-state index in [1.54, 1.807) is 6.07 Å². The van der Waals surface area contributed by atoms with E-state index in [-0.39, 0.29) is 11.5 Å². The van der Waals surface area contributed by atoms with Crippen molar-refractivity contribution < 1.29 is 14.9 Å². The standard InChI is InChI=1S/C12H12N4O3/c1-19-12-5-11(13-7-14-12)16-15-6-8-2-3-9(17)4-10(8)18/h2-7,17-18H,1H3,(H,13,14,16)/b15-6+. The topological polar surface area (TPSA) is 99.9 Å². The summed E-state index contributed by atoms with van der Waals surface area (Å²) in [6.07, 6.45) is 2.75. The Labute approximate surface area is 109 Å². The molecular formula is C12H12N4O3. The molecule has 7 nitrogen and oxygen atoms in total. The van der Waals surface area contributed by atoms with Gasteiger partial charge in [-0.25, -0.2) is 9.97 Å². The fraction of sp³-hybridized carbons (Fsp3) is 0.0833. The maximum Gasteiger partial charge on any atom is 0.218 e. The van der Waals surface area contributed by atoms with Crippen LogP contribution in [-0.2, 0) is 0 Å². The number of hydrazone groups is 1. The Morgan fingerprint density at radius 2 is 2.11 bits per heavy atom. The Kier molecular flexibility index (Phi) is 3.77. The predicted octanol–water partition coefficient (Wildman–Crippen LogP) is 1.34. The summed E-state index contributed by atoms with van der Waals surface area (Å²) >= 11 is 0. The lowest BCUT2D eigenvalue weighted by Crippen LogP contribution is -1.96. The lowest BCUT2D eigenvalue weighted by atomic mass is 10.2.